The van der Waals surface area contributed by atoms with Crippen molar-refractivity contribution in [1.82, 2.24) is 15.3 Å². The Kier molecular flexibility index (Phi) is 4.73. The van der Waals surface area contributed by atoms with Crippen molar-refractivity contribution in [3.8, 4) is 0 Å². The van der Waals surface area contributed by atoms with E-state index in [4.69, 9.17) is 0 Å². The molecule has 1 rings (SSSR count). The van der Waals surface area contributed by atoms with Crippen LogP contribution in [0.1, 0.15) is 43.4 Å². The van der Waals surface area contributed by atoms with Crippen molar-refractivity contribution in [1.29, 1.82) is 0 Å². The van der Waals surface area contributed by atoms with Crippen LogP contribution in [0, 0.1) is 13.8 Å². The lowest BCUT2D eigenvalue weighted by Gasteiger charge is -2.21. The van der Waals surface area contributed by atoms with Crippen molar-refractivity contribution in [2.75, 3.05) is 0 Å². The van der Waals surface area contributed by atoms with Gasteiger partial charge in [-0.2, -0.15) is 13.2 Å². The van der Waals surface area contributed by atoms with Crippen LogP contribution in [-0.2, 0) is 0 Å². The van der Waals surface area contributed by atoms with Gasteiger partial charge in [-0.3, -0.25) is 4.79 Å². The van der Waals surface area contributed by atoms with Crippen molar-refractivity contribution in [3.05, 3.63) is 27.4 Å². The molecule has 0 spiro atoms. The van der Waals surface area contributed by atoms with Gasteiger partial charge in [0.1, 0.15) is 5.82 Å². The Balaban J connectivity index is 2.85. The van der Waals surface area contributed by atoms with Crippen LogP contribution in [0.5, 0.6) is 0 Å². The summed E-state index contributed by atoms with van der Waals surface area (Å²) in [7, 11) is 0. The second kappa shape index (κ2) is 5.73. The molecule has 2 unspecified atom stereocenters. The zero-order valence-electron chi connectivity index (χ0n) is 11.4. The van der Waals surface area contributed by atoms with Crippen molar-refractivity contribution >= 4 is 0 Å². The average molecular weight is 277 g/mol. The summed E-state index contributed by atoms with van der Waals surface area (Å²) in [6.07, 6.45) is -5.16. The Morgan fingerprint density at radius 2 is 1.89 bits per heavy atom. The van der Waals surface area contributed by atoms with Gasteiger partial charge in [0.05, 0.1) is 12.0 Å². The smallest absolute Gasteiger partial charge is 0.310 e. The van der Waals surface area contributed by atoms with Gasteiger partial charge in [0.25, 0.3) is 5.56 Å². The summed E-state index contributed by atoms with van der Waals surface area (Å²) >= 11 is 0. The van der Waals surface area contributed by atoms with Gasteiger partial charge >= 0.3 is 6.18 Å². The maximum Gasteiger partial charge on any atom is 0.390 e. The first-order valence-corrected chi connectivity index (χ1v) is 6.00. The van der Waals surface area contributed by atoms with E-state index in [1.807, 2.05) is 0 Å². The van der Waals surface area contributed by atoms with Crippen LogP contribution in [-0.4, -0.2) is 22.2 Å². The van der Waals surface area contributed by atoms with E-state index in [1.54, 1.807) is 20.8 Å². The summed E-state index contributed by atoms with van der Waals surface area (Å²) in [6, 6.07) is -1.26. The van der Waals surface area contributed by atoms with Gasteiger partial charge in [0.15, 0.2) is 0 Å². The minimum Gasteiger partial charge on any atom is -0.310 e. The molecular weight excluding hydrogens is 259 g/mol. The zero-order valence-corrected chi connectivity index (χ0v) is 11.4. The normalized spacial score (nSPS) is 15.3. The van der Waals surface area contributed by atoms with Gasteiger partial charge in [0.2, 0.25) is 0 Å². The minimum atomic E-state index is -4.22. The van der Waals surface area contributed by atoms with E-state index in [9.17, 15) is 18.0 Å². The highest BCUT2D eigenvalue weighted by atomic mass is 19.4. The Hall–Kier alpha value is -1.37. The molecule has 2 N–H and O–H groups in total. The molecule has 7 heteroatoms. The van der Waals surface area contributed by atoms with Crippen molar-refractivity contribution in [2.24, 2.45) is 0 Å². The lowest BCUT2D eigenvalue weighted by atomic mass is 10.1. The summed E-state index contributed by atoms with van der Waals surface area (Å²) in [5.41, 5.74) is 0.587. The molecule has 0 amide bonds. The van der Waals surface area contributed by atoms with E-state index in [-0.39, 0.29) is 5.56 Å². The SMILES string of the molecule is Cc1nc(C)c(C(C)NC(C)CC(F)(F)F)c(=O)[nH]1. The molecule has 0 radical (unpaired) electrons. The van der Waals surface area contributed by atoms with Gasteiger partial charge in [-0.05, 0) is 27.7 Å². The topological polar surface area (TPSA) is 57.8 Å². The third-order valence-electron chi connectivity index (χ3n) is 2.77. The van der Waals surface area contributed by atoms with Crippen LogP contribution in [0.25, 0.3) is 0 Å². The first-order valence-electron chi connectivity index (χ1n) is 6.00. The number of H-pyrrole nitrogens is 1. The summed E-state index contributed by atoms with van der Waals surface area (Å²) in [6.45, 7) is 6.42. The third-order valence-corrected chi connectivity index (χ3v) is 2.77. The molecule has 4 nitrogen and oxygen atoms in total. The summed E-state index contributed by atoms with van der Waals surface area (Å²) in [4.78, 5) is 18.5. The molecule has 0 aromatic carbocycles. The lowest BCUT2D eigenvalue weighted by Crippen LogP contribution is -2.36. The molecule has 0 bridgehead atoms. The van der Waals surface area contributed by atoms with E-state index in [2.05, 4.69) is 15.3 Å². The quantitative estimate of drug-likeness (QED) is 0.888. The molecule has 0 aliphatic heterocycles. The number of aromatic nitrogens is 2. The molecule has 0 aliphatic rings. The second-order valence-electron chi connectivity index (χ2n) is 4.76. The molecular formula is C12H18F3N3O. The Morgan fingerprint density at radius 3 is 2.37 bits per heavy atom. The summed E-state index contributed by atoms with van der Waals surface area (Å²) in [5, 5.41) is 2.77. The highest BCUT2D eigenvalue weighted by molar-refractivity contribution is 5.20. The van der Waals surface area contributed by atoms with E-state index in [0.29, 0.717) is 17.1 Å². The van der Waals surface area contributed by atoms with E-state index in [1.165, 1.54) is 6.92 Å². The first kappa shape index (κ1) is 15.7. The van der Waals surface area contributed by atoms with Gasteiger partial charge in [-0.15, -0.1) is 0 Å². The number of aromatic amines is 1. The highest BCUT2D eigenvalue weighted by Gasteiger charge is 2.30. The molecule has 0 aliphatic carbocycles. The predicted octanol–water partition coefficient (Wildman–Crippen LogP) is 2.38. The van der Waals surface area contributed by atoms with Gasteiger partial charge in [-0.25, -0.2) is 4.98 Å². The maximum atomic E-state index is 12.3. The largest absolute Gasteiger partial charge is 0.390 e. The fourth-order valence-corrected chi connectivity index (χ4v) is 2.16. The van der Waals surface area contributed by atoms with Crippen molar-refractivity contribution in [2.45, 2.75) is 52.4 Å². The summed E-state index contributed by atoms with van der Waals surface area (Å²) < 4.78 is 36.8. The molecule has 108 valence electrons. The second-order valence-corrected chi connectivity index (χ2v) is 4.76. The number of nitrogens with zero attached hydrogens (tertiary/aromatic N) is 1. The minimum absolute atomic E-state index is 0.316. The van der Waals surface area contributed by atoms with E-state index in [0.717, 1.165) is 0 Å². The molecule has 1 heterocycles. The maximum absolute atomic E-state index is 12.3. The zero-order chi connectivity index (χ0) is 14.8. The number of hydrogen-bond acceptors (Lipinski definition) is 3. The molecule has 1 aromatic heterocycles. The summed E-state index contributed by atoms with van der Waals surface area (Å²) in [5.74, 6) is 0.488. The van der Waals surface area contributed by atoms with Gasteiger partial charge in [-0.1, -0.05) is 0 Å². The molecule has 0 saturated heterocycles. The molecule has 2 atom stereocenters. The van der Waals surface area contributed by atoms with Crippen LogP contribution in [0.4, 0.5) is 13.2 Å². The number of alkyl halides is 3. The lowest BCUT2D eigenvalue weighted by molar-refractivity contribution is -0.139. The van der Waals surface area contributed by atoms with Crippen molar-refractivity contribution < 1.29 is 13.2 Å². The van der Waals surface area contributed by atoms with Gasteiger partial charge in [0, 0.05) is 17.8 Å². The monoisotopic (exact) mass is 277 g/mol. The van der Waals surface area contributed by atoms with Crippen molar-refractivity contribution in [3.63, 3.8) is 0 Å². The molecule has 0 fully saturated rings. The van der Waals surface area contributed by atoms with E-state index >= 15 is 0 Å². The van der Waals surface area contributed by atoms with Crippen LogP contribution in [0.15, 0.2) is 4.79 Å². The number of halogens is 3. The number of rotatable bonds is 4. The number of hydrogen-bond donors (Lipinski definition) is 2. The Morgan fingerprint density at radius 1 is 1.32 bits per heavy atom. The highest BCUT2D eigenvalue weighted by Crippen LogP contribution is 2.22. The third kappa shape index (κ3) is 4.66. The average Bonchev–Trinajstić information content (AvgIpc) is 2.10. The van der Waals surface area contributed by atoms with Crippen LogP contribution in [0.2, 0.25) is 0 Å². The fourth-order valence-electron chi connectivity index (χ4n) is 2.16. The van der Waals surface area contributed by atoms with E-state index < -0.39 is 24.7 Å². The van der Waals surface area contributed by atoms with Crippen LogP contribution >= 0.6 is 0 Å². The standard InChI is InChI=1S/C12H18F3N3O/c1-6(5-12(13,14)15)16-7(2)10-8(3)17-9(4)18-11(10)19/h6-7,16H,5H2,1-4H3,(H,17,18,19). The Labute approximate surface area is 109 Å². The Bertz CT molecular complexity index is 496. The molecule has 1 aromatic rings. The van der Waals surface area contributed by atoms with Crippen LogP contribution < -0.4 is 10.9 Å². The van der Waals surface area contributed by atoms with Crippen LogP contribution in [0.3, 0.4) is 0 Å². The van der Waals surface area contributed by atoms with Gasteiger partial charge < -0.3 is 10.3 Å². The number of nitrogens with one attached hydrogen (secondary N) is 2. The fraction of sp³-hybridized carbons (Fsp3) is 0.667. The predicted molar refractivity (Wildman–Crippen MR) is 66.0 cm³/mol. The first-order chi connectivity index (χ1) is 8.60. The molecule has 0 saturated carbocycles. The number of aryl methyl sites for hydroxylation is 2. The molecule has 19 heavy (non-hydrogen) atoms.